The molecule has 23 heavy (non-hydrogen) atoms. The standard InChI is InChI=1S/C17H15N5O/c1-9-7-19-16-13(9)5-11(8-20-16)10-2-3-12-14(4-10)15(6-18)21-22-17(12)23/h2-5,7-8H,6,18H2,1H3,(H,19,20)(H,22,23). The fourth-order valence-corrected chi connectivity index (χ4v) is 2.85. The minimum atomic E-state index is -0.209. The van der Waals surface area contributed by atoms with Crippen molar-refractivity contribution >= 4 is 21.8 Å². The van der Waals surface area contributed by atoms with Crippen LogP contribution in [0, 0.1) is 6.92 Å². The van der Waals surface area contributed by atoms with Crippen LogP contribution in [0.3, 0.4) is 0 Å². The summed E-state index contributed by atoms with van der Waals surface area (Å²) in [5.41, 5.74) is 10.2. The van der Waals surface area contributed by atoms with Gasteiger partial charge in [-0.25, -0.2) is 10.1 Å². The highest BCUT2D eigenvalue weighted by Gasteiger charge is 2.09. The number of hydrogen-bond donors (Lipinski definition) is 3. The van der Waals surface area contributed by atoms with Gasteiger partial charge < -0.3 is 10.7 Å². The minimum absolute atomic E-state index is 0.209. The predicted molar refractivity (Wildman–Crippen MR) is 90.1 cm³/mol. The molecule has 0 aliphatic heterocycles. The van der Waals surface area contributed by atoms with Crippen LogP contribution >= 0.6 is 0 Å². The molecule has 4 aromatic rings. The van der Waals surface area contributed by atoms with E-state index in [4.69, 9.17) is 5.73 Å². The van der Waals surface area contributed by atoms with Crippen molar-refractivity contribution in [3.8, 4) is 11.1 Å². The third-order valence-corrected chi connectivity index (χ3v) is 4.13. The fraction of sp³-hybridized carbons (Fsp3) is 0.118. The minimum Gasteiger partial charge on any atom is -0.346 e. The monoisotopic (exact) mass is 305 g/mol. The molecule has 0 spiro atoms. The van der Waals surface area contributed by atoms with Crippen LogP contribution < -0.4 is 11.3 Å². The summed E-state index contributed by atoms with van der Waals surface area (Å²) in [4.78, 5) is 19.5. The highest BCUT2D eigenvalue weighted by molar-refractivity contribution is 5.90. The van der Waals surface area contributed by atoms with E-state index in [-0.39, 0.29) is 12.1 Å². The molecular formula is C17H15N5O. The van der Waals surface area contributed by atoms with E-state index < -0.39 is 0 Å². The lowest BCUT2D eigenvalue weighted by Crippen LogP contribution is -2.13. The van der Waals surface area contributed by atoms with E-state index in [0.29, 0.717) is 11.1 Å². The Balaban J connectivity index is 1.97. The summed E-state index contributed by atoms with van der Waals surface area (Å²) in [5.74, 6) is 0. The highest BCUT2D eigenvalue weighted by Crippen LogP contribution is 2.27. The number of nitrogens with zero attached hydrogens (tertiary/aromatic N) is 2. The number of nitrogens with two attached hydrogens (primary N) is 1. The van der Waals surface area contributed by atoms with Gasteiger partial charge in [0.25, 0.3) is 5.56 Å². The van der Waals surface area contributed by atoms with Crippen molar-refractivity contribution in [1.29, 1.82) is 0 Å². The molecule has 6 heteroatoms. The topological polar surface area (TPSA) is 100 Å². The molecule has 4 N–H and O–H groups in total. The molecule has 4 rings (SSSR count). The van der Waals surface area contributed by atoms with Crippen LogP contribution in [0.5, 0.6) is 0 Å². The van der Waals surface area contributed by atoms with Gasteiger partial charge in [0, 0.05) is 35.3 Å². The van der Waals surface area contributed by atoms with E-state index in [1.807, 2.05) is 31.5 Å². The highest BCUT2D eigenvalue weighted by atomic mass is 16.1. The fourth-order valence-electron chi connectivity index (χ4n) is 2.85. The summed E-state index contributed by atoms with van der Waals surface area (Å²) < 4.78 is 0. The van der Waals surface area contributed by atoms with Gasteiger partial charge in [-0.2, -0.15) is 5.10 Å². The summed E-state index contributed by atoms with van der Waals surface area (Å²) >= 11 is 0. The molecule has 3 heterocycles. The van der Waals surface area contributed by atoms with E-state index in [1.54, 1.807) is 6.07 Å². The van der Waals surface area contributed by atoms with Crippen LogP contribution in [0.15, 0.2) is 41.5 Å². The molecule has 1 aromatic carbocycles. The summed E-state index contributed by atoms with van der Waals surface area (Å²) in [5, 5.41) is 8.97. The van der Waals surface area contributed by atoms with Crippen LogP contribution in [0.2, 0.25) is 0 Å². The number of hydrogen-bond acceptors (Lipinski definition) is 4. The van der Waals surface area contributed by atoms with Crippen LogP contribution in [0.4, 0.5) is 0 Å². The maximum absolute atomic E-state index is 11.9. The van der Waals surface area contributed by atoms with Gasteiger partial charge in [0.05, 0.1) is 11.1 Å². The molecule has 0 saturated carbocycles. The van der Waals surface area contributed by atoms with Gasteiger partial charge in [-0.05, 0) is 36.2 Å². The summed E-state index contributed by atoms with van der Waals surface area (Å²) in [6, 6.07) is 7.77. The van der Waals surface area contributed by atoms with Crippen LogP contribution in [-0.2, 0) is 6.54 Å². The number of rotatable bonds is 2. The number of aromatic nitrogens is 4. The van der Waals surface area contributed by atoms with Gasteiger partial charge in [0.15, 0.2) is 0 Å². The predicted octanol–water partition coefficient (Wildman–Crippen LogP) is 2.23. The van der Waals surface area contributed by atoms with Crippen molar-refractivity contribution < 1.29 is 0 Å². The van der Waals surface area contributed by atoms with Crippen LogP contribution in [0.25, 0.3) is 32.9 Å². The summed E-state index contributed by atoms with van der Waals surface area (Å²) in [6.07, 6.45) is 3.76. The molecule has 0 aliphatic rings. The Bertz CT molecular complexity index is 1090. The lowest BCUT2D eigenvalue weighted by molar-refractivity contribution is 0.900. The molecule has 0 aliphatic carbocycles. The van der Waals surface area contributed by atoms with E-state index in [2.05, 4.69) is 26.2 Å². The Kier molecular flexibility index (Phi) is 2.99. The maximum atomic E-state index is 11.9. The van der Waals surface area contributed by atoms with Gasteiger partial charge in [0.1, 0.15) is 5.65 Å². The van der Waals surface area contributed by atoms with E-state index >= 15 is 0 Å². The average Bonchev–Trinajstić information content (AvgIpc) is 2.96. The van der Waals surface area contributed by atoms with E-state index in [0.717, 1.165) is 33.1 Å². The third-order valence-electron chi connectivity index (χ3n) is 4.13. The van der Waals surface area contributed by atoms with Gasteiger partial charge in [-0.3, -0.25) is 4.79 Å². The zero-order chi connectivity index (χ0) is 16.0. The van der Waals surface area contributed by atoms with Crippen molar-refractivity contribution in [3.63, 3.8) is 0 Å². The largest absolute Gasteiger partial charge is 0.346 e. The number of aromatic amines is 2. The van der Waals surface area contributed by atoms with Crippen molar-refractivity contribution in [2.24, 2.45) is 5.73 Å². The molecule has 0 radical (unpaired) electrons. The number of benzene rings is 1. The zero-order valence-corrected chi connectivity index (χ0v) is 12.6. The van der Waals surface area contributed by atoms with E-state index in [9.17, 15) is 4.79 Å². The Labute approximate surface area is 131 Å². The third kappa shape index (κ3) is 2.11. The first-order valence-electron chi connectivity index (χ1n) is 7.33. The number of nitrogens with one attached hydrogen (secondary N) is 2. The van der Waals surface area contributed by atoms with Crippen LogP contribution in [0.1, 0.15) is 11.3 Å². The first kappa shape index (κ1) is 13.7. The lowest BCUT2D eigenvalue weighted by Gasteiger charge is -2.06. The first-order valence-corrected chi connectivity index (χ1v) is 7.33. The van der Waals surface area contributed by atoms with Gasteiger partial charge in [-0.15, -0.1) is 0 Å². The summed E-state index contributed by atoms with van der Waals surface area (Å²) in [6.45, 7) is 2.31. The second-order valence-electron chi connectivity index (χ2n) is 5.56. The molecule has 114 valence electrons. The Morgan fingerprint density at radius 3 is 2.78 bits per heavy atom. The molecule has 3 aromatic heterocycles. The SMILES string of the molecule is Cc1c[nH]c2ncc(-c3ccc4c(=O)[nH]nc(CN)c4c3)cc12. The zero-order valence-electron chi connectivity index (χ0n) is 12.6. The average molecular weight is 305 g/mol. The molecule has 6 nitrogen and oxygen atoms in total. The number of aryl methyl sites for hydroxylation is 1. The normalized spacial score (nSPS) is 11.4. The smallest absolute Gasteiger partial charge is 0.272 e. The second kappa shape index (κ2) is 5.03. The lowest BCUT2D eigenvalue weighted by atomic mass is 10.0. The van der Waals surface area contributed by atoms with Gasteiger partial charge >= 0.3 is 0 Å². The van der Waals surface area contributed by atoms with Gasteiger partial charge in [0.2, 0.25) is 0 Å². The van der Waals surface area contributed by atoms with Crippen molar-refractivity contribution in [2.45, 2.75) is 13.5 Å². The number of fused-ring (bicyclic) bond motifs is 2. The summed E-state index contributed by atoms with van der Waals surface area (Å²) in [7, 11) is 0. The quantitative estimate of drug-likeness (QED) is 0.528. The van der Waals surface area contributed by atoms with Gasteiger partial charge in [-0.1, -0.05) is 6.07 Å². The molecule has 0 unspecified atom stereocenters. The second-order valence-corrected chi connectivity index (χ2v) is 5.56. The molecule has 0 bridgehead atoms. The molecule has 0 fully saturated rings. The van der Waals surface area contributed by atoms with Crippen molar-refractivity contribution in [1.82, 2.24) is 20.2 Å². The Morgan fingerprint density at radius 2 is 1.96 bits per heavy atom. The first-order chi connectivity index (χ1) is 11.2. The van der Waals surface area contributed by atoms with Crippen LogP contribution in [-0.4, -0.2) is 20.2 Å². The molecule has 0 atom stereocenters. The molecular weight excluding hydrogens is 290 g/mol. The Hall–Kier alpha value is -2.99. The maximum Gasteiger partial charge on any atom is 0.272 e. The Morgan fingerprint density at radius 1 is 1.13 bits per heavy atom. The molecule has 0 amide bonds. The molecule has 0 saturated heterocycles. The van der Waals surface area contributed by atoms with E-state index in [1.165, 1.54) is 0 Å². The van der Waals surface area contributed by atoms with Crippen molar-refractivity contribution in [3.05, 3.63) is 58.3 Å². The van der Waals surface area contributed by atoms with Crippen molar-refractivity contribution in [2.75, 3.05) is 0 Å². The number of pyridine rings is 1. The number of H-pyrrole nitrogens is 2.